The molecule has 3 aromatic rings. The number of benzene rings is 1. The third-order valence-corrected chi connectivity index (χ3v) is 3.40. The van der Waals surface area contributed by atoms with Gasteiger partial charge in [0.2, 0.25) is 0 Å². The Kier molecular flexibility index (Phi) is 3.30. The monoisotopic (exact) mass is 306 g/mol. The molecule has 20 heavy (non-hydrogen) atoms. The molecule has 0 aliphatic rings. The number of imidazole rings is 1. The molecule has 0 aliphatic heterocycles. The summed E-state index contributed by atoms with van der Waals surface area (Å²) in [5.74, 6) is -0.336. The summed E-state index contributed by atoms with van der Waals surface area (Å²) >= 11 is 12.1. The second-order valence-corrected chi connectivity index (χ2v) is 4.82. The van der Waals surface area contributed by atoms with E-state index in [9.17, 15) is 4.79 Å². The molecule has 0 aliphatic carbocycles. The lowest BCUT2D eigenvalue weighted by molar-refractivity contribution is 0.102. The van der Waals surface area contributed by atoms with Crippen molar-refractivity contribution in [3.05, 3.63) is 52.4 Å². The summed E-state index contributed by atoms with van der Waals surface area (Å²) in [7, 11) is 0. The van der Waals surface area contributed by atoms with Crippen molar-refractivity contribution in [3.8, 4) is 0 Å². The predicted octanol–water partition coefficient (Wildman–Crippen LogP) is 3.52. The SMILES string of the molecule is O=C(Nc1c(Cl)cccc1Cl)c1ccnc2nc[nH]c12. The number of aromatic amines is 1. The quantitative estimate of drug-likeness (QED) is 0.761. The average molecular weight is 307 g/mol. The Bertz CT molecular complexity index is 780. The third kappa shape index (κ3) is 2.21. The highest BCUT2D eigenvalue weighted by molar-refractivity contribution is 6.40. The van der Waals surface area contributed by atoms with Crippen molar-refractivity contribution in [2.24, 2.45) is 0 Å². The molecule has 0 atom stereocenters. The minimum atomic E-state index is -0.336. The number of fused-ring (bicyclic) bond motifs is 1. The lowest BCUT2D eigenvalue weighted by Gasteiger charge is -2.09. The smallest absolute Gasteiger partial charge is 0.258 e. The predicted molar refractivity (Wildman–Crippen MR) is 78.3 cm³/mol. The van der Waals surface area contributed by atoms with E-state index in [2.05, 4.69) is 20.3 Å². The molecular formula is C13H8Cl2N4O. The number of pyridine rings is 1. The number of carbonyl (C=O) groups is 1. The summed E-state index contributed by atoms with van der Waals surface area (Å²) in [6.45, 7) is 0. The Labute approximate surface area is 124 Å². The van der Waals surface area contributed by atoms with Crippen LogP contribution in [-0.2, 0) is 0 Å². The minimum absolute atomic E-state index is 0.336. The fourth-order valence-electron chi connectivity index (χ4n) is 1.84. The second kappa shape index (κ2) is 5.11. The first-order valence-corrected chi connectivity index (χ1v) is 6.46. The number of amides is 1. The van der Waals surface area contributed by atoms with Gasteiger partial charge >= 0.3 is 0 Å². The van der Waals surface area contributed by atoms with Crippen LogP contribution in [0.15, 0.2) is 36.8 Å². The van der Waals surface area contributed by atoms with E-state index in [-0.39, 0.29) is 5.91 Å². The number of anilines is 1. The van der Waals surface area contributed by atoms with Gasteiger partial charge in [0, 0.05) is 6.20 Å². The number of H-pyrrole nitrogens is 1. The molecule has 0 spiro atoms. The second-order valence-electron chi connectivity index (χ2n) is 4.01. The summed E-state index contributed by atoms with van der Waals surface area (Å²) in [5, 5.41) is 3.45. The van der Waals surface area contributed by atoms with Gasteiger partial charge in [-0.05, 0) is 18.2 Å². The molecule has 0 saturated heterocycles. The van der Waals surface area contributed by atoms with Crippen molar-refractivity contribution in [3.63, 3.8) is 0 Å². The standard InChI is InChI=1S/C13H8Cl2N4O/c14-8-2-1-3-9(15)11(8)19-13(20)7-4-5-16-12-10(7)17-6-18-12/h1-6H,(H,19,20)(H,16,17,18). The van der Waals surface area contributed by atoms with Crippen LogP contribution in [0.25, 0.3) is 11.2 Å². The van der Waals surface area contributed by atoms with Crippen LogP contribution in [0.5, 0.6) is 0 Å². The number of hydrogen-bond acceptors (Lipinski definition) is 3. The van der Waals surface area contributed by atoms with Crippen molar-refractivity contribution < 1.29 is 4.79 Å². The van der Waals surface area contributed by atoms with Gasteiger partial charge in [-0.25, -0.2) is 9.97 Å². The van der Waals surface area contributed by atoms with E-state index in [1.807, 2.05) is 0 Å². The van der Waals surface area contributed by atoms with Crippen molar-refractivity contribution in [1.29, 1.82) is 0 Å². The van der Waals surface area contributed by atoms with Gasteiger partial charge in [0.05, 0.1) is 33.1 Å². The molecule has 0 radical (unpaired) electrons. The van der Waals surface area contributed by atoms with Crippen LogP contribution < -0.4 is 5.32 Å². The number of rotatable bonds is 2. The summed E-state index contributed by atoms with van der Waals surface area (Å²) in [5.41, 5.74) is 1.84. The maximum atomic E-state index is 12.3. The number of hydrogen-bond donors (Lipinski definition) is 2. The summed E-state index contributed by atoms with van der Waals surface area (Å²) < 4.78 is 0. The number of halogens is 2. The van der Waals surface area contributed by atoms with Crippen molar-refractivity contribution >= 4 is 46.0 Å². The summed E-state index contributed by atoms with van der Waals surface area (Å²) in [6.07, 6.45) is 3.00. The van der Waals surface area contributed by atoms with Crippen molar-refractivity contribution in [2.45, 2.75) is 0 Å². The van der Waals surface area contributed by atoms with Gasteiger partial charge < -0.3 is 10.3 Å². The number of carbonyl (C=O) groups excluding carboxylic acids is 1. The van der Waals surface area contributed by atoms with Crippen LogP contribution in [0, 0.1) is 0 Å². The lowest BCUT2D eigenvalue weighted by Crippen LogP contribution is -2.13. The van der Waals surface area contributed by atoms with E-state index < -0.39 is 0 Å². The maximum Gasteiger partial charge on any atom is 0.258 e. The first-order valence-electron chi connectivity index (χ1n) is 5.70. The molecule has 0 bridgehead atoms. The number of nitrogens with zero attached hydrogens (tertiary/aromatic N) is 2. The average Bonchev–Trinajstić information content (AvgIpc) is 2.91. The zero-order chi connectivity index (χ0) is 14.1. The van der Waals surface area contributed by atoms with E-state index in [1.54, 1.807) is 24.3 Å². The normalized spacial score (nSPS) is 10.7. The molecule has 5 nitrogen and oxygen atoms in total. The first kappa shape index (κ1) is 12.9. The molecule has 1 aromatic carbocycles. The van der Waals surface area contributed by atoms with Crippen LogP contribution in [0.4, 0.5) is 5.69 Å². The third-order valence-electron chi connectivity index (χ3n) is 2.77. The molecule has 2 aromatic heterocycles. The molecule has 100 valence electrons. The molecule has 0 saturated carbocycles. The van der Waals surface area contributed by atoms with E-state index in [1.165, 1.54) is 12.5 Å². The number of nitrogens with one attached hydrogen (secondary N) is 2. The molecule has 2 N–H and O–H groups in total. The fourth-order valence-corrected chi connectivity index (χ4v) is 2.33. The van der Waals surface area contributed by atoms with E-state index in [0.717, 1.165) is 0 Å². The van der Waals surface area contributed by atoms with Gasteiger partial charge in [0.1, 0.15) is 0 Å². The van der Waals surface area contributed by atoms with E-state index in [4.69, 9.17) is 23.2 Å². The highest BCUT2D eigenvalue weighted by atomic mass is 35.5. The summed E-state index contributed by atoms with van der Waals surface area (Å²) in [4.78, 5) is 23.3. The van der Waals surface area contributed by atoms with Crippen molar-refractivity contribution in [2.75, 3.05) is 5.32 Å². The molecule has 7 heteroatoms. The molecule has 3 rings (SSSR count). The zero-order valence-corrected chi connectivity index (χ0v) is 11.5. The van der Waals surface area contributed by atoms with Gasteiger partial charge in [-0.1, -0.05) is 29.3 Å². The number of aromatic nitrogens is 3. The van der Waals surface area contributed by atoms with Crippen LogP contribution >= 0.6 is 23.2 Å². The van der Waals surface area contributed by atoms with Crippen LogP contribution in [0.3, 0.4) is 0 Å². The fraction of sp³-hybridized carbons (Fsp3) is 0. The largest absolute Gasteiger partial charge is 0.343 e. The zero-order valence-electron chi connectivity index (χ0n) is 10.0. The van der Waals surface area contributed by atoms with Crippen LogP contribution in [0.1, 0.15) is 10.4 Å². The Morgan fingerprint density at radius 1 is 1.15 bits per heavy atom. The molecule has 0 fully saturated rings. The van der Waals surface area contributed by atoms with Gasteiger partial charge in [-0.15, -0.1) is 0 Å². The maximum absolute atomic E-state index is 12.3. The lowest BCUT2D eigenvalue weighted by atomic mass is 10.2. The van der Waals surface area contributed by atoms with Crippen LogP contribution in [0.2, 0.25) is 10.0 Å². The molecular weight excluding hydrogens is 299 g/mol. The highest BCUT2D eigenvalue weighted by Crippen LogP contribution is 2.30. The van der Waals surface area contributed by atoms with Gasteiger partial charge in [-0.2, -0.15) is 0 Å². The molecule has 1 amide bonds. The van der Waals surface area contributed by atoms with Gasteiger partial charge in [0.25, 0.3) is 5.91 Å². The van der Waals surface area contributed by atoms with E-state index in [0.29, 0.717) is 32.5 Å². The molecule has 0 unspecified atom stereocenters. The van der Waals surface area contributed by atoms with Gasteiger partial charge in [-0.3, -0.25) is 4.79 Å². The first-order chi connectivity index (χ1) is 9.66. The van der Waals surface area contributed by atoms with Gasteiger partial charge in [0.15, 0.2) is 5.65 Å². The Hall–Kier alpha value is -2.11. The Morgan fingerprint density at radius 3 is 2.65 bits per heavy atom. The van der Waals surface area contributed by atoms with Crippen LogP contribution in [-0.4, -0.2) is 20.9 Å². The Balaban J connectivity index is 2.00. The van der Waals surface area contributed by atoms with Crippen molar-refractivity contribution in [1.82, 2.24) is 15.0 Å². The Morgan fingerprint density at radius 2 is 1.90 bits per heavy atom. The minimum Gasteiger partial charge on any atom is -0.343 e. The topological polar surface area (TPSA) is 70.7 Å². The highest BCUT2D eigenvalue weighted by Gasteiger charge is 2.15. The van der Waals surface area contributed by atoms with E-state index >= 15 is 0 Å². The summed E-state index contributed by atoms with van der Waals surface area (Å²) in [6, 6.07) is 6.61. The number of para-hydroxylation sites is 1. The molecule has 2 heterocycles.